The van der Waals surface area contributed by atoms with Gasteiger partial charge < -0.3 is 23.3 Å². The zero-order valence-electron chi connectivity index (χ0n) is 13.2. The van der Waals surface area contributed by atoms with Crippen LogP contribution in [0, 0.1) is 0 Å². The van der Waals surface area contributed by atoms with Crippen molar-refractivity contribution in [1.29, 1.82) is 0 Å². The second kappa shape index (κ2) is 38.0. The van der Waals surface area contributed by atoms with Crippen LogP contribution in [0.1, 0.15) is 59.3 Å². The van der Waals surface area contributed by atoms with E-state index in [1.54, 1.807) is 0 Å². The third-order valence-electron chi connectivity index (χ3n) is 1.81. The van der Waals surface area contributed by atoms with Crippen molar-refractivity contribution in [3.63, 3.8) is 0 Å². The van der Waals surface area contributed by atoms with Crippen LogP contribution in [0.3, 0.4) is 0 Å². The Hall–Kier alpha value is 4.09. The molecule has 0 aliphatic carbocycles. The summed E-state index contributed by atoms with van der Waals surface area (Å²) in [6.45, 7) is 6.70. The standard InChI is InChI=1S/3C4H9.3Ca.O3P/c3*1-3-4-2;;;;1-4(2)3/h3*1,3-4H2,2H3;;;;/q;;;3*+1;-3. The molecule has 0 unspecified atom stereocenters. The van der Waals surface area contributed by atoms with E-state index in [9.17, 15) is 0 Å². The molecule has 7 heteroatoms. The fraction of sp³-hybridized carbons (Fsp3) is 1.00. The predicted molar refractivity (Wildman–Crippen MR) is 83.3 cm³/mol. The van der Waals surface area contributed by atoms with E-state index in [0.29, 0.717) is 0 Å². The van der Waals surface area contributed by atoms with Gasteiger partial charge in [0, 0.05) is 0 Å². The first-order valence-corrected chi connectivity index (χ1v) is 12.9. The van der Waals surface area contributed by atoms with Crippen LogP contribution in [0.4, 0.5) is 0 Å². The summed E-state index contributed by atoms with van der Waals surface area (Å²) >= 11 is 4.44. The van der Waals surface area contributed by atoms with E-state index in [4.69, 9.17) is 14.7 Å². The van der Waals surface area contributed by atoms with Gasteiger partial charge in [-0.1, -0.05) is 0 Å². The van der Waals surface area contributed by atoms with Gasteiger partial charge in [-0.15, -0.1) is 0 Å². The molecule has 0 saturated heterocycles. The number of unbranched alkanes of at least 4 members (excludes halogenated alkanes) is 3. The molecule has 3 nitrogen and oxygen atoms in total. The fourth-order valence-electron chi connectivity index (χ4n) is 0.750. The van der Waals surface area contributed by atoms with Crippen LogP contribution >= 0.6 is 8.60 Å². The molecule has 19 heavy (non-hydrogen) atoms. The second-order valence-corrected chi connectivity index (χ2v) is 7.60. The van der Waals surface area contributed by atoms with E-state index >= 15 is 0 Å². The molecule has 0 aliphatic heterocycles. The Kier molecular flexibility index (Phi) is 61.8. The van der Waals surface area contributed by atoms with Gasteiger partial charge in [0.1, 0.15) is 0 Å². The maximum atomic E-state index is 8.48. The minimum absolute atomic E-state index is 1.38. The third kappa shape index (κ3) is 87.6. The molecule has 0 heterocycles. The molecular formula is C12H27Ca3O3P. The minimum atomic E-state index is -3.37. The number of hydrogen-bond acceptors (Lipinski definition) is 3. The van der Waals surface area contributed by atoms with Crippen LogP contribution < -0.4 is 14.7 Å². The molecule has 0 radical (unpaired) electrons. The fourth-order valence-corrected chi connectivity index (χ4v) is 3.09. The Morgan fingerprint density at radius 3 is 0.789 bits per heavy atom. The largest absolute Gasteiger partial charge is 0.854 e. The maximum absolute atomic E-state index is 8.48. The molecule has 0 bridgehead atoms. The van der Waals surface area contributed by atoms with Gasteiger partial charge >= 0.3 is 174 Å². The average molecular weight is 371 g/mol. The molecule has 0 N–H and O–H groups in total. The van der Waals surface area contributed by atoms with Crippen LogP contribution in [0.5, 0.6) is 0 Å². The molecule has 104 valence electrons. The normalized spacial score (nSPS) is 8.68. The zero-order valence-corrected chi connectivity index (χ0v) is 20.7. The Labute approximate surface area is 193 Å². The van der Waals surface area contributed by atoms with Crippen molar-refractivity contribution in [3.8, 4) is 0 Å². The van der Waals surface area contributed by atoms with Crippen LogP contribution in [0.25, 0.3) is 0 Å². The quantitative estimate of drug-likeness (QED) is 0.524. The van der Waals surface area contributed by atoms with Crippen LogP contribution in [-0.2, 0) is 0 Å². The molecule has 0 spiro atoms. The van der Waals surface area contributed by atoms with Gasteiger partial charge in [0.05, 0.1) is 0 Å². The molecule has 0 fully saturated rings. The summed E-state index contributed by atoms with van der Waals surface area (Å²) in [5, 5.41) is 0. The number of rotatable bonds is 6. The zero-order chi connectivity index (χ0) is 15.9. The van der Waals surface area contributed by atoms with Crippen LogP contribution in [-0.4, -0.2) is 107 Å². The summed E-state index contributed by atoms with van der Waals surface area (Å²) in [5.41, 5.74) is 0. The van der Waals surface area contributed by atoms with E-state index in [1.165, 1.54) is 153 Å². The van der Waals surface area contributed by atoms with E-state index in [-0.39, 0.29) is 0 Å². The van der Waals surface area contributed by atoms with Crippen molar-refractivity contribution in [2.75, 3.05) is 0 Å². The first-order chi connectivity index (χ1) is 8.97. The Bertz CT molecular complexity index is 89.2. The number of hydrogen-bond donors (Lipinski definition) is 0. The van der Waals surface area contributed by atoms with Crippen molar-refractivity contribution >= 4 is 116 Å². The second-order valence-electron chi connectivity index (χ2n) is 3.84. The molecule has 0 aromatic heterocycles. The molecule has 0 saturated carbocycles. The summed E-state index contributed by atoms with van der Waals surface area (Å²) in [6.07, 6.45) is 8.46. The summed E-state index contributed by atoms with van der Waals surface area (Å²) in [4.78, 5) is 25.4. The summed E-state index contributed by atoms with van der Waals surface area (Å²) in [5.74, 6) is 0. The summed E-state index contributed by atoms with van der Waals surface area (Å²) in [6, 6.07) is 0. The van der Waals surface area contributed by atoms with Crippen LogP contribution in [0.2, 0.25) is 7.55 Å². The van der Waals surface area contributed by atoms with E-state index < -0.39 is 8.60 Å². The molecule has 0 rings (SSSR count). The summed E-state index contributed by atoms with van der Waals surface area (Å²) < 4.78 is 4.41. The Balaban J connectivity index is -0.0000000793. The van der Waals surface area contributed by atoms with Crippen LogP contribution in [0.15, 0.2) is 0 Å². The molecule has 0 atom stereocenters. The average Bonchev–Trinajstić information content (AvgIpc) is 2.33. The van der Waals surface area contributed by atoms with Gasteiger partial charge in [-0.05, 0) is 0 Å². The minimum Gasteiger partial charge on any atom is -0.854 e. The molecule has 0 aliphatic rings. The topological polar surface area (TPSA) is 69.2 Å². The maximum Gasteiger partial charge on any atom is -0.438 e. The van der Waals surface area contributed by atoms with Gasteiger partial charge in [-0.2, -0.15) is 0 Å². The SMILES string of the molecule is CCC[CH2][Ca+].CCC[CH2][Ca+].CCC[CH2][Ca+].[O-]P([O-])[O-]. The van der Waals surface area contributed by atoms with Gasteiger partial charge in [-0.25, -0.2) is 0 Å². The van der Waals surface area contributed by atoms with Crippen molar-refractivity contribution in [2.24, 2.45) is 0 Å². The molecular weight excluding hydrogens is 343 g/mol. The first kappa shape index (κ1) is 30.9. The van der Waals surface area contributed by atoms with E-state index in [0.717, 1.165) is 0 Å². The molecule has 0 amide bonds. The van der Waals surface area contributed by atoms with Crippen molar-refractivity contribution in [2.45, 2.75) is 66.8 Å². The third-order valence-corrected chi connectivity index (χ3v) is 4.15. The van der Waals surface area contributed by atoms with Gasteiger partial charge in [0.25, 0.3) is 0 Å². The van der Waals surface area contributed by atoms with E-state index in [2.05, 4.69) is 20.8 Å². The predicted octanol–water partition coefficient (Wildman–Crippen LogP) is 1.41. The summed E-state index contributed by atoms with van der Waals surface area (Å²) in [7, 11) is -3.37. The van der Waals surface area contributed by atoms with Crippen molar-refractivity contribution in [3.05, 3.63) is 0 Å². The Morgan fingerprint density at radius 1 is 0.632 bits per heavy atom. The smallest absolute Gasteiger partial charge is 0.438 e. The van der Waals surface area contributed by atoms with Gasteiger partial charge in [-0.3, -0.25) is 0 Å². The molecule has 0 aromatic rings. The van der Waals surface area contributed by atoms with Gasteiger partial charge in [0.15, 0.2) is 0 Å². The monoisotopic (exact) mass is 370 g/mol. The van der Waals surface area contributed by atoms with Crippen molar-refractivity contribution < 1.29 is 14.7 Å². The van der Waals surface area contributed by atoms with E-state index in [1.807, 2.05) is 0 Å². The van der Waals surface area contributed by atoms with Crippen molar-refractivity contribution in [1.82, 2.24) is 0 Å². The Morgan fingerprint density at radius 2 is 0.789 bits per heavy atom. The van der Waals surface area contributed by atoms with Gasteiger partial charge in [0.2, 0.25) is 0 Å². The first-order valence-electron chi connectivity index (χ1n) is 7.17. The molecule has 0 aromatic carbocycles.